The van der Waals surface area contributed by atoms with Gasteiger partial charge in [0, 0.05) is 13.0 Å². The van der Waals surface area contributed by atoms with Gasteiger partial charge >= 0.3 is 5.97 Å². The van der Waals surface area contributed by atoms with E-state index >= 15 is 0 Å². The summed E-state index contributed by atoms with van der Waals surface area (Å²) in [7, 11) is 0. The lowest BCUT2D eigenvalue weighted by Crippen LogP contribution is -2.11. The normalized spacial score (nSPS) is 10.5. The van der Waals surface area contributed by atoms with E-state index in [4.69, 9.17) is 4.74 Å². The number of nitrogens with zero attached hydrogens (tertiary/aromatic N) is 4. The monoisotopic (exact) mass is 308 g/mol. The first-order valence-corrected chi connectivity index (χ1v) is 7.56. The maximum Gasteiger partial charge on any atom is 0.306 e. The Morgan fingerprint density at radius 3 is 2.95 bits per heavy atom. The highest BCUT2D eigenvalue weighted by atomic mass is 32.1. The summed E-state index contributed by atoms with van der Waals surface area (Å²) >= 11 is 1.37. The summed E-state index contributed by atoms with van der Waals surface area (Å²) in [4.78, 5) is 24.0. The van der Waals surface area contributed by atoms with E-state index in [1.807, 2.05) is 18.4 Å². The Balaban J connectivity index is 1.75. The molecule has 7 nitrogen and oxygen atoms in total. The summed E-state index contributed by atoms with van der Waals surface area (Å²) < 4.78 is 6.69. The number of rotatable bonds is 8. The molecule has 2 aromatic heterocycles. The Morgan fingerprint density at radius 1 is 1.38 bits per heavy atom. The number of ether oxygens (including phenoxy) is 1. The van der Waals surface area contributed by atoms with Crippen LogP contribution in [0.4, 0.5) is 0 Å². The van der Waals surface area contributed by atoms with Crippen LogP contribution in [0, 0.1) is 0 Å². The van der Waals surface area contributed by atoms with Crippen molar-refractivity contribution in [2.24, 2.45) is 0 Å². The predicted molar refractivity (Wildman–Crippen MR) is 75.8 cm³/mol. The van der Waals surface area contributed by atoms with Crippen molar-refractivity contribution in [1.82, 2.24) is 20.2 Å². The zero-order valence-corrected chi connectivity index (χ0v) is 12.5. The van der Waals surface area contributed by atoms with Crippen LogP contribution in [-0.4, -0.2) is 32.0 Å². The fourth-order valence-corrected chi connectivity index (χ4v) is 2.40. The molecule has 0 N–H and O–H groups in total. The van der Waals surface area contributed by atoms with Crippen LogP contribution in [0.25, 0.3) is 0 Å². The lowest BCUT2D eigenvalue weighted by Gasteiger charge is -2.04. The molecule has 2 heterocycles. The first kappa shape index (κ1) is 15.3. The van der Waals surface area contributed by atoms with Crippen molar-refractivity contribution in [1.29, 1.82) is 0 Å². The molecule has 0 amide bonds. The van der Waals surface area contributed by atoms with Crippen LogP contribution < -0.4 is 0 Å². The molecule has 2 rings (SSSR count). The molecule has 0 saturated carbocycles. The summed E-state index contributed by atoms with van der Waals surface area (Å²) in [5, 5.41) is 13.0. The Kier molecular flexibility index (Phi) is 5.56. The molecular weight excluding hydrogens is 292 g/mol. The summed E-state index contributed by atoms with van der Waals surface area (Å²) in [5.74, 6) is 0.0403. The zero-order chi connectivity index (χ0) is 15.1. The summed E-state index contributed by atoms with van der Waals surface area (Å²) in [6.45, 7) is 2.71. The molecule has 0 unspecified atom stereocenters. The number of Topliss-reactive ketones (excluding diaryl/α,β-unsaturated/α-hetero) is 1. The minimum absolute atomic E-state index is 0.0268. The largest absolute Gasteiger partial charge is 0.457 e. The van der Waals surface area contributed by atoms with Gasteiger partial charge in [-0.25, -0.2) is 4.68 Å². The third-order valence-electron chi connectivity index (χ3n) is 2.76. The second-order valence-corrected chi connectivity index (χ2v) is 5.33. The summed E-state index contributed by atoms with van der Waals surface area (Å²) in [6, 6.07) is 3.56. The van der Waals surface area contributed by atoms with Crippen LogP contribution >= 0.6 is 11.3 Å². The first-order valence-electron chi connectivity index (χ1n) is 6.68. The van der Waals surface area contributed by atoms with Gasteiger partial charge in [-0.1, -0.05) is 13.0 Å². The molecule has 21 heavy (non-hydrogen) atoms. The molecule has 0 aliphatic heterocycles. The Bertz CT molecular complexity index is 594. The van der Waals surface area contributed by atoms with Crippen molar-refractivity contribution < 1.29 is 14.3 Å². The molecule has 0 aliphatic carbocycles. The van der Waals surface area contributed by atoms with Gasteiger partial charge in [-0.15, -0.1) is 16.4 Å². The number of thiophene rings is 1. The van der Waals surface area contributed by atoms with Gasteiger partial charge in [-0.2, -0.15) is 0 Å². The maximum absolute atomic E-state index is 11.7. The lowest BCUT2D eigenvalue weighted by molar-refractivity contribution is -0.145. The van der Waals surface area contributed by atoms with Crippen molar-refractivity contribution in [2.75, 3.05) is 0 Å². The van der Waals surface area contributed by atoms with Crippen LogP contribution in [0.3, 0.4) is 0 Å². The fraction of sp³-hybridized carbons (Fsp3) is 0.462. The van der Waals surface area contributed by atoms with Crippen LogP contribution in [0.5, 0.6) is 0 Å². The van der Waals surface area contributed by atoms with Crippen LogP contribution in [0.15, 0.2) is 17.5 Å². The third-order valence-corrected chi connectivity index (χ3v) is 3.67. The van der Waals surface area contributed by atoms with E-state index in [-0.39, 0.29) is 25.2 Å². The van der Waals surface area contributed by atoms with E-state index in [9.17, 15) is 9.59 Å². The number of carbonyl (C=O) groups excluding carboxylic acids is 2. The number of hydrogen-bond acceptors (Lipinski definition) is 7. The maximum atomic E-state index is 11.7. The minimum Gasteiger partial charge on any atom is -0.457 e. The van der Waals surface area contributed by atoms with E-state index in [0.717, 1.165) is 6.42 Å². The SMILES string of the molecule is CCCn1nnnc1COC(=O)CCC(=O)c1cccs1. The lowest BCUT2D eigenvalue weighted by atomic mass is 10.2. The van der Waals surface area contributed by atoms with E-state index in [0.29, 0.717) is 17.2 Å². The molecule has 0 spiro atoms. The third kappa shape index (κ3) is 4.45. The zero-order valence-electron chi connectivity index (χ0n) is 11.7. The number of hydrogen-bond donors (Lipinski definition) is 0. The van der Waals surface area contributed by atoms with Crippen LogP contribution in [0.2, 0.25) is 0 Å². The Labute approximate surface area is 125 Å². The Hall–Kier alpha value is -2.09. The number of aryl methyl sites for hydroxylation is 1. The number of ketones is 1. The van der Waals surface area contributed by atoms with Crippen molar-refractivity contribution in [2.45, 2.75) is 39.3 Å². The minimum atomic E-state index is -0.425. The predicted octanol–water partition coefficient (Wildman–Crippen LogP) is 1.85. The quantitative estimate of drug-likeness (QED) is 0.546. The number of carbonyl (C=O) groups is 2. The molecule has 0 radical (unpaired) electrons. The molecule has 0 aromatic carbocycles. The van der Waals surface area contributed by atoms with E-state index in [1.165, 1.54) is 11.3 Å². The van der Waals surface area contributed by atoms with Gasteiger partial charge < -0.3 is 4.74 Å². The molecular formula is C13H16N4O3S. The highest BCUT2D eigenvalue weighted by Gasteiger charge is 2.13. The highest BCUT2D eigenvalue weighted by molar-refractivity contribution is 7.12. The van der Waals surface area contributed by atoms with Crippen molar-refractivity contribution in [3.63, 3.8) is 0 Å². The fourth-order valence-electron chi connectivity index (χ4n) is 1.71. The molecule has 2 aromatic rings. The molecule has 8 heteroatoms. The average Bonchev–Trinajstić information content (AvgIpc) is 3.14. The highest BCUT2D eigenvalue weighted by Crippen LogP contribution is 2.12. The number of tetrazole rings is 1. The van der Waals surface area contributed by atoms with E-state index < -0.39 is 5.97 Å². The number of aromatic nitrogens is 4. The molecule has 0 atom stereocenters. The van der Waals surface area contributed by atoms with Crippen LogP contribution in [0.1, 0.15) is 41.7 Å². The van der Waals surface area contributed by atoms with Gasteiger partial charge in [0.25, 0.3) is 0 Å². The van der Waals surface area contributed by atoms with Gasteiger partial charge in [0.1, 0.15) is 0 Å². The second kappa shape index (κ2) is 7.63. The molecule has 0 fully saturated rings. The molecule has 0 bridgehead atoms. The standard InChI is InChI=1S/C13H16N4O3S/c1-2-7-17-12(14-15-16-17)9-20-13(19)6-5-10(18)11-4-3-8-21-11/h3-4,8H,2,5-7,9H2,1H3. The van der Waals surface area contributed by atoms with Gasteiger partial charge in [0.05, 0.1) is 11.3 Å². The average molecular weight is 308 g/mol. The Morgan fingerprint density at radius 2 is 2.24 bits per heavy atom. The number of esters is 1. The summed E-state index contributed by atoms with van der Waals surface area (Å²) in [5.41, 5.74) is 0. The van der Waals surface area contributed by atoms with Crippen molar-refractivity contribution in [3.05, 3.63) is 28.2 Å². The molecule has 0 aliphatic rings. The van der Waals surface area contributed by atoms with Gasteiger partial charge in [-0.05, 0) is 28.3 Å². The van der Waals surface area contributed by atoms with Crippen molar-refractivity contribution >= 4 is 23.1 Å². The van der Waals surface area contributed by atoms with E-state index in [1.54, 1.807) is 10.7 Å². The molecule has 112 valence electrons. The van der Waals surface area contributed by atoms with Gasteiger partial charge in [0.2, 0.25) is 0 Å². The summed E-state index contributed by atoms with van der Waals surface area (Å²) in [6.07, 6.45) is 1.10. The van der Waals surface area contributed by atoms with Gasteiger partial charge in [-0.3, -0.25) is 9.59 Å². The topological polar surface area (TPSA) is 87.0 Å². The first-order chi connectivity index (χ1) is 10.2. The molecule has 0 saturated heterocycles. The van der Waals surface area contributed by atoms with Gasteiger partial charge in [0.15, 0.2) is 18.2 Å². The van der Waals surface area contributed by atoms with Crippen LogP contribution in [-0.2, 0) is 22.7 Å². The second-order valence-electron chi connectivity index (χ2n) is 4.38. The van der Waals surface area contributed by atoms with Crippen molar-refractivity contribution in [3.8, 4) is 0 Å². The smallest absolute Gasteiger partial charge is 0.306 e. The van der Waals surface area contributed by atoms with E-state index in [2.05, 4.69) is 15.5 Å².